The molecule has 0 saturated carbocycles. The summed E-state index contributed by atoms with van der Waals surface area (Å²) in [4.78, 5) is 24.1. The Labute approximate surface area is 235 Å². The molecule has 194 valence electrons. The molecule has 1 aliphatic rings. The zero-order valence-corrected chi connectivity index (χ0v) is 22.5. The first-order valence-electron chi connectivity index (χ1n) is 13.1. The number of nitrogens with two attached hydrogens (primary N) is 1. The lowest BCUT2D eigenvalue weighted by Gasteiger charge is -2.32. The molecule has 11 heteroatoms. The minimum absolute atomic E-state index is 0.153. The van der Waals surface area contributed by atoms with Crippen molar-refractivity contribution in [1.82, 2.24) is 34.4 Å². The van der Waals surface area contributed by atoms with Gasteiger partial charge in [0.05, 0.1) is 5.56 Å². The van der Waals surface area contributed by atoms with Crippen LogP contribution in [-0.4, -0.2) is 53.5 Å². The average molecular weight is 582 g/mol. The summed E-state index contributed by atoms with van der Waals surface area (Å²) in [6.07, 6.45) is 4.99. The van der Waals surface area contributed by atoms with Gasteiger partial charge in [-0.2, -0.15) is 5.26 Å². The molecule has 1 atom stereocenters. The third-order valence-corrected chi connectivity index (χ3v) is 7.11. The molecule has 3 N–H and O–H groups in total. The number of nitrogen functional groups attached to an aromatic ring is 1. The first kappa shape index (κ1) is 23.7. The van der Waals surface area contributed by atoms with E-state index in [-0.39, 0.29) is 11.9 Å². The van der Waals surface area contributed by atoms with Crippen LogP contribution >= 0.6 is 15.9 Å². The molecule has 0 amide bonds. The lowest BCUT2D eigenvalue weighted by molar-refractivity contribution is 0.211. The van der Waals surface area contributed by atoms with Crippen molar-refractivity contribution in [2.75, 3.05) is 24.1 Å². The number of hydrogen-bond acceptors (Lipinski definition) is 9. The topological polar surface area (TPSA) is 134 Å². The summed E-state index contributed by atoms with van der Waals surface area (Å²) < 4.78 is 11.6. The second-order valence-corrected chi connectivity index (χ2v) is 10.0. The average Bonchev–Trinajstić information content (AvgIpc) is 3.36. The number of benzene rings is 1. The van der Waals surface area contributed by atoms with Crippen molar-refractivity contribution in [1.29, 1.82) is 5.26 Å². The van der Waals surface area contributed by atoms with E-state index in [4.69, 9.17) is 17.4 Å². The molecule has 0 spiro atoms. The van der Waals surface area contributed by atoms with Gasteiger partial charge in [0.1, 0.15) is 27.8 Å². The van der Waals surface area contributed by atoms with E-state index >= 15 is 0 Å². The molecule has 1 aliphatic heterocycles. The molecule has 0 radical (unpaired) electrons. The number of rotatable bonds is 6. The maximum atomic E-state index is 9.03. The van der Waals surface area contributed by atoms with Crippen LogP contribution < -0.4 is 11.1 Å². The predicted molar refractivity (Wildman–Crippen MR) is 153 cm³/mol. The number of piperidine rings is 1. The van der Waals surface area contributed by atoms with Crippen LogP contribution in [0.5, 0.6) is 0 Å². The highest BCUT2D eigenvalue weighted by molar-refractivity contribution is 9.10. The zero-order chi connectivity index (χ0) is 27.6. The highest BCUT2D eigenvalue weighted by atomic mass is 79.9. The minimum atomic E-state index is -0.487. The summed E-state index contributed by atoms with van der Waals surface area (Å²) in [5, 5.41) is 12.4. The van der Waals surface area contributed by atoms with Gasteiger partial charge in [-0.15, -0.1) is 0 Å². The Bertz CT molecular complexity index is 1710. The summed E-state index contributed by atoms with van der Waals surface area (Å²) in [7, 11) is 0. The van der Waals surface area contributed by atoms with Crippen LogP contribution in [0.2, 0.25) is 0 Å². The molecule has 1 aromatic carbocycles. The van der Waals surface area contributed by atoms with E-state index < -0.39 is 6.52 Å². The molecular formula is C28H25BrN10. The van der Waals surface area contributed by atoms with E-state index in [9.17, 15) is 0 Å². The number of nitrogens with zero attached hydrogens (tertiary/aromatic N) is 8. The molecule has 39 heavy (non-hydrogen) atoms. The van der Waals surface area contributed by atoms with Crippen molar-refractivity contribution in [2.45, 2.75) is 25.4 Å². The fourth-order valence-corrected chi connectivity index (χ4v) is 5.06. The van der Waals surface area contributed by atoms with Gasteiger partial charge in [0.2, 0.25) is 5.82 Å². The number of likely N-dealkylation sites (tertiary alicyclic amines) is 1. The van der Waals surface area contributed by atoms with E-state index in [1.54, 1.807) is 18.5 Å². The fraction of sp³-hybridized carbons (Fsp3) is 0.214. The van der Waals surface area contributed by atoms with Crippen molar-refractivity contribution < 1.29 is 1.37 Å². The van der Waals surface area contributed by atoms with Crippen molar-refractivity contribution in [3.63, 3.8) is 0 Å². The van der Waals surface area contributed by atoms with E-state index in [0.717, 1.165) is 48.3 Å². The van der Waals surface area contributed by atoms with Crippen LogP contribution in [0.4, 0.5) is 11.6 Å². The van der Waals surface area contributed by atoms with Gasteiger partial charge < -0.3 is 11.1 Å². The van der Waals surface area contributed by atoms with E-state index in [1.807, 2.05) is 59.2 Å². The van der Waals surface area contributed by atoms with Crippen molar-refractivity contribution in [3.8, 4) is 23.1 Å². The van der Waals surface area contributed by atoms with E-state index in [1.165, 1.54) is 0 Å². The summed E-state index contributed by atoms with van der Waals surface area (Å²) in [5.74, 6) is 1.86. The van der Waals surface area contributed by atoms with Gasteiger partial charge >= 0.3 is 0 Å². The minimum Gasteiger partial charge on any atom is -0.383 e. The normalized spacial score (nSPS) is 15.5. The maximum Gasteiger partial charge on any atom is 0.234 e. The van der Waals surface area contributed by atoms with Gasteiger partial charge in [0.15, 0.2) is 11.5 Å². The number of hydrogen-bond donors (Lipinski definition) is 2. The Kier molecular flexibility index (Phi) is 6.54. The van der Waals surface area contributed by atoms with Gasteiger partial charge in [0, 0.05) is 45.1 Å². The SMILES string of the molecule is [2H]C(c1ccc(-n2c(-c3cccnc3N)nc3ccc(Br)nc32)cc1)N1CCC(Nc2ccnc(C#N)n2)CC1. The standard InChI is InChI=1S/C28H25BrN10/c29-23-8-7-22-28(36-23)39(27(35-22)21-2-1-12-33-26(21)31)20-5-3-18(4-6-20)17-38-14-10-19(11-15-38)34-24-9-13-32-25(16-30)37-24/h1-9,12-13,19H,10-11,14-15,17H2,(H2,31,33)(H,32,34,37)/i17D. The zero-order valence-electron chi connectivity index (χ0n) is 21.9. The molecule has 5 aromatic rings. The summed E-state index contributed by atoms with van der Waals surface area (Å²) in [5.41, 5.74) is 10.2. The quantitative estimate of drug-likeness (QED) is 0.276. The van der Waals surface area contributed by atoms with Crippen LogP contribution in [-0.2, 0) is 6.52 Å². The Hall–Kier alpha value is -4.40. The van der Waals surface area contributed by atoms with Crippen LogP contribution in [0, 0.1) is 11.3 Å². The number of aromatic nitrogens is 6. The highest BCUT2D eigenvalue weighted by Gasteiger charge is 2.21. The molecule has 10 nitrogen and oxygen atoms in total. The molecular weight excluding hydrogens is 556 g/mol. The number of halogens is 1. The first-order valence-corrected chi connectivity index (χ1v) is 13.3. The number of nitrogens with one attached hydrogen (secondary N) is 1. The monoisotopic (exact) mass is 581 g/mol. The Morgan fingerprint density at radius 3 is 2.62 bits per heavy atom. The number of anilines is 2. The highest BCUT2D eigenvalue weighted by Crippen LogP contribution is 2.31. The second kappa shape index (κ2) is 10.8. The van der Waals surface area contributed by atoms with Crippen LogP contribution in [0.15, 0.2) is 71.6 Å². The maximum absolute atomic E-state index is 9.03. The molecule has 1 saturated heterocycles. The first-order chi connectivity index (χ1) is 19.5. The van der Waals surface area contributed by atoms with Gasteiger partial charge in [0.25, 0.3) is 0 Å². The second-order valence-electron chi connectivity index (χ2n) is 9.24. The third-order valence-electron chi connectivity index (χ3n) is 6.67. The van der Waals surface area contributed by atoms with Gasteiger partial charge in [-0.1, -0.05) is 12.1 Å². The summed E-state index contributed by atoms with van der Waals surface area (Å²) >= 11 is 3.48. The molecule has 4 aromatic heterocycles. The van der Waals surface area contributed by atoms with Crippen molar-refractivity contribution in [3.05, 3.63) is 83.0 Å². The Morgan fingerprint density at radius 1 is 1.03 bits per heavy atom. The molecule has 5 heterocycles. The molecule has 0 bridgehead atoms. The molecule has 0 aliphatic carbocycles. The lowest BCUT2D eigenvalue weighted by Crippen LogP contribution is -2.38. The number of imidazole rings is 1. The summed E-state index contributed by atoms with van der Waals surface area (Å²) in [6.45, 7) is 1.07. The van der Waals surface area contributed by atoms with Crippen LogP contribution in [0.3, 0.4) is 0 Å². The molecule has 6 rings (SSSR count). The smallest absolute Gasteiger partial charge is 0.234 e. The fourth-order valence-electron chi connectivity index (χ4n) is 4.76. The van der Waals surface area contributed by atoms with Gasteiger partial charge in [-0.05, 0) is 76.8 Å². The number of fused-ring (bicyclic) bond motifs is 1. The number of nitriles is 1. The largest absolute Gasteiger partial charge is 0.383 e. The lowest BCUT2D eigenvalue weighted by atomic mass is 10.0. The third kappa shape index (κ3) is 5.30. The van der Waals surface area contributed by atoms with Crippen LogP contribution in [0.1, 0.15) is 25.6 Å². The predicted octanol–water partition coefficient (Wildman–Crippen LogP) is 4.57. The van der Waals surface area contributed by atoms with E-state index in [2.05, 4.69) is 46.1 Å². The molecule has 1 fully saturated rings. The van der Waals surface area contributed by atoms with Crippen molar-refractivity contribution in [2.24, 2.45) is 0 Å². The van der Waals surface area contributed by atoms with Gasteiger partial charge in [-0.3, -0.25) is 9.47 Å². The van der Waals surface area contributed by atoms with Crippen LogP contribution in [0.25, 0.3) is 28.2 Å². The summed E-state index contributed by atoms with van der Waals surface area (Å²) in [6, 6.07) is 19.4. The van der Waals surface area contributed by atoms with E-state index in [0.29, 0.717) is 27.7 Å². The van der Waals surface area contributed by atoms with Gasteiger partial charge in [-0.25, -0.2) is 24.9 Å². The Morgan fingerprint density at radius 2 is 1.85 bits per heavy atom. The molecule has 1 unspecified atom stereocenters. The number of pyridine rings is 2. The van der Waals surface area contributed by atoms with Crippen molar-refractivity contribution >= 4 is 38.7 Å². The Balaban J connectivity index is 1.21.